The Bertz CT molecular complexity index is 1210. The topological polar surface area (TPSA) is 23.6 Å². The van der Waals surface area contributed by atoms with E-state index in [1.165, 1.54) is 5.56 Å². The van der Waals surface area contributed by atoms with Gasteiger partial charge in [-0.2, -0.15) is 0 Å². The van der Waals surface area contributed by atoms with E-state index >= 15 is 0 Å². The molecule has 0 radical (unpaired) electrons. The van der Waals surface area contributed by atoms with E-state index in [1.807, 2.05) is 95.9 Å². The number of benzene rings is 4. The van der Waals surface area contributed by atoms with Crippen molar-refractivity contribution >= 4 is 35.6 Å². The van der Waals surface area contributed by atoms with E-state index in [4.69, 9.17) is 11.6 Å². The summed E-state index contributed by atoms with van der Waals surface area (Å²) < 4.78 is 0. The number of piperidine rings is 1. The second-order valence-electron chi connectivity index (χ2n) is 9.39. The summed E-state index contributed by atoms with van der Waals surface area (Å²) in [6.07, 6.45) is 1.79. The van der Waals surface area contributed by atoms with E-state index < -0.39 is 4.87 Å². The smallest absolute Gasteiger partial charge is 0.257 e. The molecule has 0 aliphatic carbocycles. The van der Waals surface area contributed by atoms with Crippen LogP contribution in [0.5, 0.6) is 0 Å². The number of likely N-dealkylation sites (tertiary alicyclic amines) is 1. The van der Waals surface area contributed by atoms with E-state index in [9.17, 15) is 4.79 Å². The minimum Gasteiger partial charge on any atom is -0.307 e. The summed E-state index contributed by atoms with van der Waals surface area (Å²) in [7, 11) is 0. The molecule has 0 saturated carbocycles. The minimum absolute atomic E-state index is 0. The molecule has 5 heteroatoms. The molecule has 0 bridgehead atoms. The number of para-hydroxylation sites is 1. The number of anilines is 1. The summed E-state index contributed by atoms with van der Waals surface area (Å²) in [5, 5.41) is 0. The molecule has 1 aliphatic rings. The third kappa shape index (κ3) is 5.91. The number of nitrogens with zero attached hydrogens (tertiary/aromatic N) is 2. The summed E-state index contributed by atoms with van der Waals surface area (Å²) in [5.41, 5.74) is 3.77. The molecule has 0 aromatic heterocycles. The predicted molar refractivity (Wildman–Crippen MR) is 155 cm³/mol. The summed E-state index contributed by atoms with van der Waals surface area (Å²) >= 11 is 7.44. The molecule has 37 heavy (non-hydrogen) atoms. The van der Waals surface area contributed by atoms with Crippen molar-refractivity contribution in [2.75, 3.05) is 18.0 Å². The molecule has 4 aromatic rings. The third-order valence-electron chi connectivity index (χ3n) is 7.06. The first-order valence-electron chi connectivity index (χ1n) is 12.6. The Morgan fingerprint density at radius 1 is 0.730 bits per heavy atom. The Morgan fingerprint density at radius 2 is 1.16 bits per heavy atom. The van der Waals surface area contributed by atoms with Gasteiger partial charge < -0.3 is 4.90 Å². The fourth-order valence-electron chi connectivity index (χ4n) is 5.17. The lowest BCUT2D eigenvalue weighted by molar-refractivity contribution is -0.121. The monoisotopic (exact) mass is 530 g/mol. The van der Waals surface area contributed by atoms with Crippen LogP contribution in [-0.2, 0) is 16.2 Å². The number of amides is 1. The maximum absolute atomic E-state index is 14.6. The van der Waals surface area contributed by atoms with Gasteiger partial charge >= 0.3 is 0 Å². The zero-order valence-electron chi connectivity index (χ0n) is 20.7. The molecule has 0 spiro atoms. The maximum Gasteiger partial charge on any atom is 0.257 e. The molecule has 1 heterocycles. The van der Waals surface area contributed by atoms with Crippen LogP contribution < -0.4 is 4.90 Å². The van der Waals surface area contributed by atoms with Crippen LogP contribution in [0.1, 0.15) is 29.5 Å². The summed E-state index contributed by atoms with van der Waals surface area (Å²) in [6, 6.07) is 40.1. The van der Waals surface area contributed by atoms with Gasteiger partial charge in [-0.05, 0) is 41.7 Å². The number of hydrogen-bond acceptors (Lipinski definition) is 2. The molecule has 4 aromatic carbocycles. The molecular formula is C32H32Cl2N2O. The van der Waals surface area contributed by atoms with Crippen molar-refractivity contribution in [1.29, 1.82) is 0 Å². The fraction of sp³-hybridized carbons (Fsp3) is 0.219. The molecule has 0 unspecified atom stereocenters. The lowest BCUT2D eigenvalue weighted by Gasteiger charge is -2.42. The molecule has 1 fully saturated rings. The number of carbonyl (C=O) groups is 1. The van der Waals surface area contributed by atoms with E-state index in [2.05, 4.69) is 35.2 Å². The number of alkyl halides is 1. The van der Waals surface area contributed by atoms with Gasteiger partial charge in [0.05, 0.1) is 0 Å². The summed E-state index contributed by atoms with van der Waals surface area (Å²) in [6.45, 7) is 2.80. The Hall–Kier alpha value is -3.11. The Labute approximate surface area is 231 Å². The molecule has 0 atom stereocenters. The zero-order chi connectivity index (χ0) is 24.8. The predicted octanol–water partition coefficient (Wildman–Crippen LogP) is 7.29. The van der Waals surface area contributed by atoms with Gasteiger partial charge in [0, 0.05) is 31.4 Å². The molecule has 0 N–H and O–H groups in total. The van der Waals surface area contributed by atoms with Crippen LogP contribution in [0.4, 0.5) is 5.69 Å². The standard InChI is InChI=1S/C32H31ClN2O.ClH/c33-32(27-15-7-2-8-16-27,28-17-9-3-10-18-28)31(36)35(29-19-11-4-12-20-29)30-21-23-34(24-22-30)25-26-13-5-1-6-14-26;/h1-20,30H,21-25H2;1H. The number of carbonyl (C=O) groups excluding carboxylic acids is 1. The van der Waals surface area contributed by atoms with Crippen LogP contribution in [-0.4, -0.2) is 29.9 Å². The minimum atomic E-state index is -1.32. The largest absolute Gasteiger partial charge is 0.307 e. The first kappa shape index (κ1) is 26.9. The molecule has 190 valence electrons. The SMILES string of the molecule is Cl.O=C(N(c1ccccc1)C1CCN(Cc2ccccc2)CC1)C(Cl)(c1ccccc1)c1ccccc1. The van der Waals surface area contributed by atoms with Crippen LogP contribution in [0.2, 0.25) is 0 Å². The van der Waals surface area contributed by atoms with Gasteiger partial charge in [0.15, 0.2) is 4.87 Å². The lowest BCUT2D eigenvalue weighted by Crippen LogP contribution is -2.53. The van der Waals surface area contributed by atoms with E-state index in [0.717, 1.165) is 49.3 Å². The quantitative estimate of drug-likeness (QED) is 0.234. The average molecular weight is 532 g/mol. The van der Waals surface area contributed by atoms with Gasteiger partial charge in [0.1, 0.15) is 0 Å². The normalized spacial score (nSPS) is 14.5. The van der Waals surface area contributed by atoms with Gasteiger partial charge in [0.25, 0.3) is 5.91 Å². The van der Waals surface area contributed by atoms with Crippen LogP contribution >= 0.6 is 24.0 Å². The first-order valence-corrected chi connectivity index (χ1v) is 13.0. The van der Waals surface area contributed by atoms with Gasteiger partial charge in [0.2, 0.25) is 0 Å². The lowest BCUT2D eigenvalue weighted by atomic mass is 9.87. The number of hydrogen-bond donors (Lipinski definition) is 0. The molecule has 1 saturated heterocycles. The van der Waals surface area contributed by atoms with Gasteiger partial charge in [-0.25, -0.2) is 0 Å². The average Bonchev–Trinajstić information content (AvgIpc) is 2.96. The maximum atomic E-state index is 14.6. The molecular weight excluding hydrogens is 499 g/mol. The second kappa shape index (κ2) is 12.4. The van der Waals surface area contributed by atoms with E-state index in [-0.39, 0.29) is 24.4 Å². The first-order chi connectivity index (χ1) is 17.7. The Morgan fingerprint density at radius 3 is 1.65 bits per heavy atom. The van der Waals surface area contributed by atoms with Gasteiger partial charge in [-0.1, -0.05) is 121 Å². The number of halogens is 2. The van der Waals surface area contributed by atoms with Crippen molar-refractivity contribution in [3.63, 3.8) is 0 Å². The summed E-state index contributed by atoms with van der Waals surface area (Å²) in [4.78, 5) is 17.7. The highest BCUT2D eigenvalue weighted by molar-refractivity contribution is 6.39. The molecule has 1 amide bonds. The van der Waals surface area contributed by atoms with Crippen LogP contribution in [0.3, 0.4) is 0 Å². The van der Waals surface area contributed by atoms with Crippen molar-refractivity contribution in [2.24, 2.45) is 0 Å². The van der Waals surface area contributed by atoms with Gasteiger partial charge in [-0.15, -0.1) is 12.4 Å². The van der Waals surface area contributed by atoms with Crippen molar-refractivity contribution in [3.8, 4) is 0 Å². The van der Waals surface area contributed by atoms with Gasteiger partial charge in [-0.3, -0.25) is 9.69 Å². The Kier molecular flexibility index (Phi) is 9.04. The van der Waals surface area contributed by atoms with Crippen LogP contribution in [0.15, 0.2) is 121 Å². The van der Waals surface area contributed by atoms with E-state index in [1.54, 1.807) is 0 Å². The molecule has 5 rings (SSSR count). The number of rotatable bonds is 7. The summed E-state index contributed by atoms with van der Waals surface area (Å²) in [5.74, 6) is -0.103. The molecule has 1 aliphatic heterocycles. The zero-order valence-corrected chi connectivity index (χ0v) is 22.3. The molecule has 3 nitrogen and oxygen atoms in total. The Balaban J connectivity index is 0.00000320. The van der Waals surface area contributed by atoms with Crippen molar-refractivity contribution in [3.05, 3.63) is 138 Å². The third-order valence-corrected chi connectivity index (χ3v) is 7.66. The highest BCUT2D eigenvalue weighted by Gasteiger charge is 2.45. The van der Waals surface area contributed by atoms with Crippen molar-refractivity contribution in [2.45, 2.75) is 30.3 Å². The van der Waals surface area contributed by atoms with Crippen molar-refractivity contribution in [1.82, 2.24) is 4.90 Å². The second-order valence-corrected chi connectivity index (χ2v) is 9.96. The fourth-order valence-corrected chi connectivity index (χ4v) is 5.52. The van der Waals surface area contributed by atoms with Crippen molar-refractivity contribution < 1.29 is 4.79 Å². The van der Waals surface area contributed by atoms with E-state index in [0.29, 0.717) is 0 Å². The van der Waals surface area contributed by atoms with Crippen LogP contribution in [0.25, 0.3) is 0 Å². The van der Waals surface area contributed by atoms with Crippen LogP contribution in [0, 0.1) is 0 Å². The highest BCUT2D eigenvalue weighted by atomic mass is 35.5. The highest BCUT2D eigenvalue weighted by Crippen LogP contribution is 2.41.